The van der Waals surface area contributed by atoms with Crippen molar-refractivity contribution >= 4 is 53.5 Å². The van der Waals surface area contributed by atoms with E-state index in [0.29, 0.717) is 16.9 Å². The number of hydrogen-bond donors (Lipinski definition) is 1. The van der Waals surface area contributed by atoms with E-state index in [1.54, 1.807) is 18.2 Å². The first-order valence-electron chi connectivity index (χ1n) is 5.89. The predicted octanol–water partition coefficient (Wildman–Crippen LogP) is 3.90. The lowest BCUT2D eigenvalue weighted by atomic mass is 10.1. The lowest BCUT2D eigenvalue weighted by Crippen LogP contribution is -2.30. The van der Waals surface area contributed by atoms with Gasteiger partial charge in [0.05, 0.1) is 4.90 Å². The van der Waals surface area contributed by atoms with Crippen molar-refractivity contribution in [2.24, 2.45) is 5.41 Å². The molecule has 1 saturated carbocycles. The Kier molecular flexibility index (Phi) is 4.99. The minimum Gasteiger partial charge on any atom is -0.211 e. The molecule has 2 rings (SSSR count). The number of rotatable bonds is 6. The third-order valence-electron chi connectivity index (χ3n) is 3.40. The summed E-state index contributed by atoms with van der Waals surface area (Å²) in [6.07, 6.45) is 2.94. The fraction of sp³-hybridized carbons (Fsp3) is 0.500. The highest BCUT2D eigenvalue weighted by Crippen LogP contribution is 2.48. The number of benzene rings is 1. The summed E-state index contributed by atoms with van der Waals surface area (Å²) in [6.45, 7) is 0.459. The van der Waals surface area contributed by atoms with Crippen LogP contribution in [0.15, 0.2) is 32.0 Å². The number of alkyl halides is 1. The summed E-state index contributed by atoms with van der Waals surface area (Å²) in [5.74, 6) is 0.572. The highest BCUT2D eigenvalue weighted by atomic mass is 79.9. The van der Waals surface area contributed by atoms with Crippen molar-refractivity contribution in [2.45, 2.75) is 24.2 Å². The van der Waals surface area contributed by atoms with E-state index in [9.17, 15) is 8.42 Å². The summed E-state index contributed by atoms with van der Waals surface area (Å²) < 4.78 is 28.6. The minimum absolute atomic E-state index is 0.0767. The Morgan fingerprint density at radius 2 is 2.00 bits per heavy atom. The van der Waals surface area contributed by atoms with Gasteiger partial charge in [-0.1, -0.05) is 15.9 Å². The summed E-state index contributed by atoms with van der Waals surface area (Å²) in [6, 6.07) is 5.09. The van der Waals surface area contributed by atoms with E-state index >= 15 is 0 Å². The van der Waals surface area contributed by atoms with Crippen LogP contribution in [0, 0.1) is 5.41 Å². The zero-order chi connectivity index (χ0) is 14.1. The Bertz CT molecular complexity index is 573. The highest BCUT2D eigenvalue weighted by molar-refractivity contribution is 9.11. The van der Waals surface area contributed by atoms with E-state index in [0.717, 1.165) is 23.7 Å². The Morgan fingerprint density at radius 1 is 1.32 bits per heavy atom. The van der Waals surface area contributed by atoms with Crippen LogP contribution in [0.2, 0.25) is 0 Å². The number of halogens is 3. The molecular weight excluding hydrogens is 417 g/mol. The van der Waals surface area contributed by atoms with Crippen LogP contribution in [0.5, 0.6) is 0 Å². The average molecular weight is 432 g/mol. The van der Waals surface area contributed by atoms with Gasteiger partial charge in [-0.05, 0) is 58.8 Å². The Hall–Kier alpha value is 0.380. The maximum atomic E-state index is 12.3. The standard InChI is InChI=1S/C12H14Br2ClNO2S/c13-9-1-2-10(14)11(7-9)19(17,18)16-8-12(3-4-12)5-6-15/h1-2,7,16H,3-6,8H2. The molecular formula is C12H14Br2ClNO2S. The van der Waals surface area contributed by atoms with Crippen LogP contribution in [-0.4, -0.2) is 20.8 Å². The van der Waals surface area contributed by atoms with Crippen LogP contribution in [0.4, 0.5) is 0 Å². The van der Waals surface area contributed by atoms with E-state index in [2.05, 4.69) is 36.6 Å². The fourth-order valence-corrected chi connectivity index (χ4v) is 4.96. The second-order valence-electron chi connectivity index (χ2n) is 4.84. The van der Waals surface area contributed by atoms with Crippen molar-refractivity contribution in [3.05, 3.63) is 27.1 Å². The summed E-state index contributed by atoms with van der Waals surface area (Å²) in [5.41, 5.74) is 0.0767. The average Bonchev–Trinajstić information content (AvgIpc) is 3.11. The molecule has 1 aliphatic carbocycles. The Balaban J connectivity index is 2.12. The SMILES string of the molecule is O=S(=O)(NCC1(CCCl)CC1)c1cc(Br)ccc1Br. The van der Waals surface area contributed by atoms with Crippen molar-refractivity contribution in [2.75, 3.05) is 12.4 Å². The molecule has 0 spiro atoms. The molecule has 0 radical (unpaired) electrons. The van der Waals surface area contributed by atoms with Crippen LogP contribution < -0.4 is 4.72 Å². The van der Waals surface area contributed by atoms with Crippen molar-refractivity contribution < 1.29 is 8.42 Å². The van der Waals surface area contributed by atoms with Crippen molar-refractivity contribution in [3.8, 4) is 0 Å². The summed E-state index contributed by atoms with van der Waals surface area (Å²) >= 11 is 12.3. The first-order chi connectivity index (χ1) is 8.88. The van der Waals surface area contributed by atoms with Gasteiger partial charge in [-0.15, -0.1) is 11.6 Å². The minimum atomic E-state index is -3.49. The first-order valence-corrected chi connectivity index (χ1v) is 9.50. The normalized spacial score (nSPS) is 17.4. The van der Waals surface area contributed by atoms with Crippen LogP contribution in [-0.2, 0) is 10.0 Å². The second-order valence-corrected chi connectivity index (χ2v) is 8.72. The molecule has 0 atom stereocenters. The molecule has 1 aromatic carbocycles. The molecule has 7 heteroatoms. The molecule has 0 saturated heterocycles. The summed E-state index contributed by atoms with van der Waals surface area (Å²) in [4.78, 5) is 0.253. The van der Waals surface area contributed by atoms with Crippen LogP contribution >= 0.6 is 43.5 Å². The van der Waals surface area contributed by atoms with Gasteiger partial charge in [-0.25, -0.2) is 13.1 Å². The predicted molar refractivity (Wildman–Crippen MR) is 84.0 cm³/mol. The highest BCUT2D eigenvalue weighted by Gasteiger charge is 2.42. The van der Waals surface area contributed by atoms with Crippen molar-refractivity contribution in [1.82, 2.24) is 4.72 Å². The Morgan fingerprint density at radius 3 is 2.58 bits per heavy atom. The zero-order valence-corrected chi connectivity index (χ0v) is 14.9. The number of nitrogens with one attached hydrogen (secondary N) is 1. The Labute approximate surface area is 135 Å². The van der Waals surface area contributed by atoms with E-state index in [4.69, 9.17) is 11.6 Å². The maximum Gasteiger partial charge on any atom is 0.241 e. The third kappa shape index (κ3) is 3.94. The van der Waals surface area contributed by atoms with Gasteiger partial charge in [-0.2, -0.15) is 0 Å². The van der Waals surface area contributed by atoms with Crippen LogP contribution in [0.25, 0.3) is 0 Å². The van der Waals surface area contributed by atoms with E-state index < -0.39 is 10.0 Å². The van der Waals surface area contributed by atoms with Gasteiger partial charge in [0.2, 0.25) is 10.0 Å². The quantitative estimate of drug-likeness (QED) is 0.695. The summed E-state index contributed by atoms with van der Waals surface area (Å²) in [5, 5.41) is 0. The van der Waals surface area contributed by atoms with E-state index in [1.165, 1.54) is 0 Å². The van der Waals surface area contributed by atoms with Gasteiger partial charge in [0.1, 0.15) is 0 Å². The molecule has 1 aliphatic rings. The molecule has 19 heavy (non-hydrogen) atoms. The monoisotopic (exact) mass is 429 g/mol. The van der Waals surface area contributed by atoms with Crippen LogP contribution in [0.3, 0.4) is 0 Å². The summed E-state index contributed by atoms with van der Waals surface area (Å²) in [7, 11) is -3.49. The van der Waals surface area contributed by atoms with Crippen molar-refractivity contribution in [3.63, 3.8) is 0 Å². The van der Waals surface area contributed by atoms with Gasteiger partial charge in [0.25, 0.3) is 0 Å². The smallest absolute Gasteiger partial charge is 0.211 e. The van der Waals surface area contributed by atoms with Gasteiger partial charge in [0, 0.05) is 21.4 Å². The van der Waals surface area contributed by atoms with Crippen molar-refractivity contribution in [1.29, 1.82) is 0 Å². The second kappa shape index (κ2) is 6.02. The molecule has 0 bridgehead atoms. The fourth-order valence-electron chi connectivity index (χ4n) is 1.90. The number of sulfonamides is 1. The van der Waals surface area contributed by atoms with Gasteiger partial charge < -0.3 is 0 Å². The molecule has 0 amide bonds. The topological polar surface area (TPSA) is 46.2 Å². The van der Waals surface area contributed by atoms with Gasteiger partial charge >= 0.3 is 0 Å². The number of hydrogen-bond acceptors (Lipinski definition) is 2. The third-order valence-corrected chi connectivity index (χ3v) is 6.48. The molecule has 0 aromatic heterocycles. The molecule has 1 N–H and O–H groups in total. The molecule has 3 nitrogen and oxygen atoms in total. The lowest BCUT2D eigenvalue weighted by molar-refractivity contribution is 0.478. The van der Waals surface area contributed by atoms with Crippen LogP contribution in [0.1, 0.15) is 19.3 Å². The molecule has 0 unspecified atom stereocenters. The van der Waals surface area contributed by atoms with E-state index in [1.807, 2.05) is 0 Å². The van der Waals surface area contributed by atoms with Gasteiger partial charge in [-0.3, -0.25) is 0 Å². The maximum absolute atomic E-state index is 12.3. The molecule has 1 fully saturated rings. The largest absolute Gasteiger partial charge is 0.241 e. The molecule has 0 heterocycles. The zero-order valence-electron chi connectivity index (χ0n) is 10.1. The molecule has 1 aromatic rings. The first kappa shape index (κ1) is 15.8. The molecule has 0 aliphatic heterocycles. The molecule has 106 valence electrons. The van der Waals surface area contributed by atoms with Gasteiger partial charge in [0.15, 0.2) is 0 Å². The lowest BCUT2D eigenvalue weighted by Gasteiger charge is -2.15. The van der Waals surface area contributed by atoms with E-state index in [-0.39, 0.29) is 10.3 Å².